The lowest BCUT2D eigenvalue weighted by Gasteiger charge is -2.36. The third-order valence-electron chi connectivity index (χ3n) is 6.59. The predicted octanol–water partition coefficient (Wildman–Crippen LogP) is 4.32. The molecule has 8 nitrogen and oxygen atoms in total. The zero-order valence-corrected chi connectivity index (χ0v) is 23.0. The summed E-state index contributed by atoms with van der Waals surface area (Å²) in [7, 11) is -7.96. The van der Waals surface area contributed by atoms with Crippen LogP contribution in [-0.2, 0) is 35.8 Å². The Balaban J connectivity index is 1.65. The topological polar surface area (TPSA) is 107 Å². The van der Waals surface area contributed by atoms with Crippen molar-refractivity contribution in [2.75, 3.05) is 16.6 Å². The number of anilines is 1. The van der Waals surface area contributed by atoms with E-state index in [0.29, 0.717) is 38.8 Å². The normalized spacial score (nSPS) is 18.2. The molecule has 1 aliphatic carbocycles. The summed E-state index contributed by atoms with van der Waals surface area (Å²) in [5.74, 6) is -4.18. The zero-order valence-electron chi connectivity index (χ0n) is 21.4. The molecule has 0 amide bonds. The summed E-state index contributed by atoms with van der Waals surface area (Å²) < 4.78 is 130. The van der Waals surface area contributed by atoms with Crippen LogP contribution in [-0.4, -0.2) is 58.2 Å². The van der Waals surface area contributed by atoms with Gasteiger partial charge in [0.1, 0.15) is 11.9 Å². The number of sulfonamides is 1. The Morgan fingerprint density at radius 2 is 1.70 bits per heavy atom. The summed E-state index contributed by atoms with van der Waals surface area (Å²) in [6, 6.07) is 5.81. The molecule has 0 unspecified atom stereocenters. The second-order valence-electron chi connectivity index (χ2n) is 10.2. The van der Waals surface area contributed by atoms with Crippen LogP contribution >= 0.6 is 0 Å². The molecular formula is C25H26F5NO7S2. The third-order valence-corrected chi connectivity index (χ3v) is 10.7. The summed E-state index contributed by atoms with van der Waals surface area (Å²) in [4.78, 5) is 11.7. The number of rotatable bonds is 9. The highest BCUT2D eigenvalue weighted by Crippen LogP contribution is 2.40. The van der Waals surface area contributed by atoms with Crippen LogP contribution in [0.1, 0.15) is 38.7 Å². The number of benzene rings is 2. The number of esters is 1. The molecule has 0 aromatic heterocycles. The van der Waals surface area contributed by atoms with E-state index < -0.39 is 78.5 Å². The SMILES string of the molecule is CC(C)(OC(=O)Cc1ccc2c(c1)N(S(=O)(=O)c1ccc(F)c(F)c1)C[C@H](CCS(=O)(=O)C1CC1)O2)C(F)(F)F. The molecule has 15 heteroatoms. The minimum Gasteiger partial charge on any atom is -0.486 e. The largest absolute Gasteiger partial charge is 0.486 e. The molecule has 1 fully saturated rings. The predicted molar refractivity (Wildman–Crippen MR) is 133 cm³/mol. The molecule has 2 aromatic carbocycles. The van der Waals surface area contributed by atoms with Gasteiger partial charge in [0.2, 0.25) is 5.60 Å². The van der Waals surface area contributed by atoms with Crippen molar-refractivity contribution in [3.05, 3.63) is 53.6 Å². The number of alkyl halides is 3. The van der Waals surface area contributed by atoms with Crippen LogP contribution in [0, 0.1) is 11.6 Å². The van der Waals surface area contributed by atoms with Crippen LogP contribution in [0.5, 0.6) is 5.75 Å². The maximum atomic E-state index is 13.9. The van der Waals surface area contributed by atoms with Crippen molar-refractivity contribution < 1.29 is 53.1 Å². The first-order valence-electron chi connectivity index (χ1n) is 12.2. The lowest BCUT2D eigenvalue weighted by molar-refractivity contribution is -0.257. The average molecular weight is 612 g/mol. The highest BCUT2D eigenvalue weighted by atomic mass is 32.2. The van der Waals surface area contributed by atoms with Crippen molar-refractivity contribution >= 4 is 31.5 Å². The van der Waals surface area contributed by atoms with E-state index in [4.69, 9.17) is 4.74 Å². The van der Waals surface area contributed by atoms with Crippen LogP contribution in [0.3, 0.4) is 0 Å². The van der Waals surface area contributed by atoms with Crippen LogP contribution in [0.15, 0.2) is 41.3 Å². The molecular weight excluding hydrogens is 585 g/mol. The Morgan fingerprint density at radius 3 is 2.30 bits per heavy atom. The lowest BCUT2D eigenvalue weighted by Crippen LogP contribution is -2.44. The van der Waals surface area contributed by atoms with Crippen molar-refractivity contribution in [1.29, 1.82) is 0 Å². The van der Waals surface area contributed by atoms with Crippen LogP contribution in [0.25, 0.3) is 0 Å². The number of hydrogen-bond donors (Lipinski definition) is 0. The fraction of sp³-hybridized carbons (Fsp3) is 0.480. The van der Waals surface area contributed by atoms with E-state index >= 15 is 0 Å². The van der Waals surface area contributed by atoms with Gasteiger partial charge in [0.05, 0.1) is 34.6 Å². The van der Waals surface area contributed by atoms with E-state index in [1.165, 1.54) is 18.2 Å². The van der Waals surface area contributed by atoms with Gasteiger partial charge in [-0.1, -0.05) is 6.07 Å². The summed E-state index contributed by atoms with van der Waals surface area (Å²) in [5.41, 5.74) is -2.80. The number of ether oxygens (including phenoxy) is 2. The highest BCUT2D eigenvalue weighted by Gasteiger charge is 2.50. The number of hydrogen-bond acceptors (Lipinski definition) is 7. The Kier molecular flexibility index (Phi) is 7.86. The van der Waals surface area contributed by atoms with Crippen LogP contribution < -0.4 is 9.04 Å². The molecule has 0 N–H and O–H groups in total. The first kappa shape index (κ1) is 30.0. The zero-order chi connectivity index (χ0) is 29.7. The van der Waals surface area contributed by atoms with E-state index in [9.17, 15) is 43.6 Å². The third kappa shape index (κ3) is 6.35. The van der Waals surface area contributed by atoms with Gasteiger partial charge in [0.15, 0.2) is 21.5 Å². The van der Waals surface area contributed by atoms with Crippen molar-refractivity contribution in [3.63, 3.8) is 0 Å². The number of fused-ring (bicyclic) bond motifs is 1. The van der Waals surface area contributed by atoms with E-state index in [2.05, 4.69) is 4.74 Å². The number of nitrogens with zero attached hydrogens (tertiary/aromatic N) is 1. The summed E-state index contributed by atoms with van der Waals surface area (Å²) in [6.07, 6.45) is -5.34. The number of sulfone groups is 1. The van der Waals surface area contributed by atoms with Gasteiger partial charge in [0.25, 0.3) is 10.0 Å². The number of carbonyl (C=O) groups excluding carboxylic acids is 1. The Labute approximate surface area is 228 Å². The fourth-order valence-electron chi connectivity index (χ4n) is 4.04. The van der Waals surface area contributed by atoms with Crippen molar-refractivity contribution in [3.8, 4) is 5.75 Å². The molecule has 2 aromatic rings. The second-order valence-corrected chi connectivity index (χ2v) is 14.4. The van der Waals surface area contributed by atoms with Gasteiger partial charge in [-0.25, -0.2) is 25.6 Å². The average Bonchev–Trinajstić information content (AvgIpc) is 3.69. The van der Waals surface area contributed by atoms with E-state index in [1.807, 2.05) is 0 Å². The maximum absolute atomic E-state index is 13.9. The summed E-state index contributed by atoms with van der Waals surface area (Å²) in [6.45, 7) is 0.972. The quantitative estimate of drug-likeness (QED) is 0.307. The molecule has 0 bridgehead atoms. The second kappa shape index (κ2) is 10.5. The molecule has 1 heterocycles. The smallest absolute Gasteiger partial charge is 0.427 e. The minimum atomic E-state index is -4.83. The summed E-state index contributed by atoms with van der Waals surface area (Å²) in [5, 5.41) is -0.435. The first-order valence-corrected chi connectivity index (χ1v) is 15.3. The fourth-order valence-corrected chi connectivity index (χ4v) is 7.33. The number of carbonyl (C=O) groups is 1. The molecule has 1 atom stereocenters. The number of halogens is 5. The van der Waals surface area contributed by atoms with Crippen LogP contribution in [0.2, 0.25) is 0 Å². The lowest BCUT2D eigenvalue weighted by atomic mass is 10.1. The van der Waals surface area contributed by atoms with Gasteiger partial charge in [-0.2, -0.15) is 13.2 Å². The van der Waals surface area contributed by atoms with Gasteiger partial charge >= 0.3 is 12.1 Å². The molecule has 1 saturated carbocycles. The maximum Gasteiger partial charge on any atom is 0.427 e. The van der Waals surface area contributed by atoms with Gasteiger partial charge in [-0.05, 0) is 69.0 Å². The van der Waals surface area contributed by atoms with Gasteiger partial charge < -0.3 is 9.47 Å². The van der Waals surface area contributed by atoms with E-state index in [0.717, 1.165) is 10.4 Å². The Hall–Kier alpha value is -2.94. The standard InChI is InChI=1S/C25H26F5NO7S2/c1-24(2,25(28,29)30)38-23(32)12-15-3-8-22-21(11-15)31(40(35,36)18-6-7-19(26)20(27)13-18)14-16(37-22)9-10-39(33,34)17-4-5-17/h3,6-8,11,13,16-17H,4-5,9-10,12,14H2,1-2H3/t16-/m0/s1. The van der Waals surface area contributed by atoms with Gasteiger partial charge in [-0.3, -0.25) is 9.10 Å². The van der Waals surface area contributed by atoms with Crippen LogP contribution in [0.4, 0.5) is 27.6 Å². The van der Waals surface area contributed by atoms with Crippen molar-refractivity contribution in [1.82, 2.24) is 0 Å². The highest BCUT2D eigenvalue weighted by molar-refractivity contribution is 7.93. The molecule has 40 heavy (non-hydrogen) atoms. The van der Waals surface area contributed by atoms with E-state index in [1.54, 1.807) is 0 Å². The van der Waals surface area contributed by atoms with Gasteiger partial charge in [-0.15, -0.1) is 0 Å². The first-order chi connectivity index (χ1) is 18.4. The monoisotopic (exact) mass is 611 g/mol. The Bertz CT molecular complexity index is 1520. The molecule has 2 aliphatic rings. The van der Waals surface area contributed by atoms with Crippen molar-refractivity contribution in [2.45, 2.75) is 67.6 Å². The molecule has 0 radical (unpaired) electrons. The molecule has 220 valence electrons. The summed E-state index contributed by atoms with van der Waals surface area (Å²) >= 11 is 0. The van der Waals surface area contributed by atoms with Crippen molar-refractivity contribution in [2.24, 2.45) is 0 Å². The molecule has 1 aliphatic heterocycles. The van der Waals surface area contributed by atoms with E-state index in [-0.39, 0.29) is 29.2 Å². The Morgan fingerprint density at radius 1 is 1.02 bits per heavy atom. The molecule has 4 rings (SSSR count). The molecule has 0 spiro atoms. The minimum absolute atomic E-state index is 0.0148. The van der Waals surface area contributed by atoms with Gasteiger partial charge in [0, 0.05) is 0 Å². The molecule has 0 saturated heterocycles.